The lowest BCUT2D eigenvalue weighted by molar-refractivity contribution is 0.485. The van der Waals surface area contributed by atoms with Crippen LogP contribution >= 0.6 is 0 Å². The topological polar surface area (TPSA) is 43.8 Å². The van der Waals surface area contributed by atoms with Crippen LogP contribution in [0, 0.1) is 0 Å². The number of rotatable bonds is 3. The van der Waals surface area contributed by atoms with E-state index in [0.717, 1.165) is 0 Å². The molecule has 0 aliphatic heterocycles. The lowest BCUT2D eigenvalue weighted by Gasteiger charge is -2.12. The predicted octanol–water partition coefficient (Wildman–Crippen LogP) is 3.14. The minimum absolute atomic E-state index is 0.0741. The van der Waals surface area contributed by atoms with Crippen LogP contribution in [0.1, 0.15) is 75.8 Å². The van der Waals surface area contributed by atoms with Gasteiger partial charge in [-0.3, -0.25) is 4.68 Å². The number of hydrogen-bond acceptors (Lipinski definition) is 2. The number of nitrogens with zero attached hydrogens (tertiary/aromatic N) is 2. The van der Waals surface area contributed by atoms with Crippen LogP contribution < -0.4 is 5.73 Å². The molecule has 0 spiro atoms. The van der Waals surface area contributed by atoms with Gasteiger partial charge < -0.3 is 5.73 Å². The molecule has 0 bridgehead atoms. The van der Waals surface area contributed by atoms with Crippen molar-refractivity contribution in [2.24, 2.45) is 5.73 Å². The molecule has 1 heterocycles. The van der Waals surface area contributed by atoms with E-state index in [2.05, 4.69) is 24.6 Å². The first-order valence-electron chi connectivity index (χ1n) is 6.44. The first kappa shape index (κ1) is 11.6. The van der Waals surface area contributed by atoms with Gasteiger partial charge in [-0.15, -0.1) is 0 Å². The normalized spacial score (nSPS) is 19.6. The van der Waals surface area contributed by atoms with Gasteiger partial charge in [0.1, 0.15) is 0 Å². The number of nitrogens with two attached hydrogens (primary N) is 1. The van der Waals surface area contributed by atoms with Crippen LogP contribution in [-0.2, 0) is 0 Å². The Labute approximate surface area is 98.0 Å². The maximum atomic E-state index is 6.00. The first-order valence-corrected chi connectivity index (χ1v) is 6.44. The summed E-state index contributed by atoms with van der Waals surface area (Å²) in [5, 5.41) is 4.75. The second kappa shape index (κ2) is 4.58. The number of hydrogen-bond donors (Lipinski definition) is 1. The monoisotopic (exact) mass is 221 g/mol. The van der Waals surface area contributed by atoms with Gasteiger partial charge in [0.25, 0.3) is 0 Å². The van der Waals surface area contributed by atoms with Crippen molar-refractivity contribution in [2.45, 2.75) is 64.5 Å². The standard InChI is InChI=1S/C13H23N3/c1-9(2)16-13(10(3)14)8-12(15-16)11-6-4-5-7-11/h8-11H,4-7,14H2,1-3H3/t10-/m1/s1. The molecule has 1 aliphatic rings. The fourth-order valence-corrected chi connectivity index (χ4v) is 2.60. The summed E-state index contributed by atoms with van der Waals surface area (Å²) < 4.78 is 2.10. The average Bonchev–Trinajstić information content (AvgIpc) is 2.86. The third-order valence-electron chi connectivity index (χ3n) is 3.51. The van der Waals surface area contributed by atoms with E-state index in [9.17, 15) is 0 Å². The summed E-state index contributed by atoms with van der Waals surface area (Å²) in [6.45, 7) is 6.36. The van der Waals surface area contributed by atoms with Gasteiger partial charge >= 0.3 is 0 Å². The lowest BCUT2D eigenvalue weighted by atomic mass is 10.0. The van der Waals surface area contributed by atoms with E-state index in [4.69, 9.17) is 10.8 Å². The van der Waals surface area contributed by atoms with E-state index >= 15 is 0 Å². The molecule has 3 nitrogen and oxygen atoms in total. The summed E-state index contributed by atoms with van der Waals surface area (Å²) in [6, 6.07) is 2.70. The quantitative estimate of drug-likeness (QED) is 0.852. The molecule has 3 heteroatoms. The Morgan fingerprint density at radius 2 is 1.94 bits per heavy atom. The van der Waals surface area contributed by atoms with Gasteiger partial charge in [0, 0.05) is 18.0 Å². The van der Waals surface area contributed by atoms with Crippen LogP contribution in [0.25, 0.3) is 0 Å². The Bertz CT molecular complexity index is 321. The first-order chi connectivity index (χ1) is 7.59. The van der Waals surface area contributed by atoms with Crippen LogP contribution in [0.4, 0.5) is 0 Å². The molecular weight excluding hydrogens is 198 g/mol. The molecule has 1 fully saturated rings. The van der Waals surface area contributed by atoms with Crippen LogP contribution in [0.15, 0.2) is 6.07 Å². The van der Waals surface area contributed by atoms with E-state index < -0.39 is 0 Å². The van der Waals surface area contributed by atoms with Crippen LogP contribution in [0.5, 0.6) is 0 Å². The third-order valence-corrected chi connectivity index (χ3v) is 3.51. The molecule has 0 saturated heterocycles. The smallest absolute Gasteiger partial charge is 0.0659 e. The lowest BCUT2D eigenvalue weighted by Crippen LogP contribution is -2.14. The van der Waals surface area contributed by atoms with Crippen molar-refractivity contribution in [1.29, 1.82) is 0 Å². The molecule has 2 N–H and O–H groups in total. The van der Waals surface area contributed by atoms with E-state index in [1.807, 2.05) is 6.92 Å². The van der Waals surface area contributed by atoms with Crippen LogP contribution in [-0.4, -0.2) is 9.78 Å². The highest BCUT2D eigenvalue weighted by atomic mass is 15.3. The van der Waals surface area contributed by atoms with Crippen molar-refractivity contribution in [3.63, 3.8) is 0 Å². The highest BCUT2D eigenvalue weighted by Crippen LogP contribution is 2.34. The Balaban J connectivity index is 2.30. The molecule has 0 radical (unpaired) electrons. The van der Waals surface area contributed by atoms with Crippen LogP contribution in [0.2, 0.25) is 0 Å². The molecule has 1 aromatic heterocycles. The minimum atomic E-state index is 0.0741. The minimum Gasteiger partial charge on any atom is -0.323 e. The summed E-state index contributed by atoms with van der Waals surface area (Å²) in [4.78, 5) is 0. The van der Waals surface area contributed by atoms with Crippen molar-refractivity contribution >= 4 is 0 Å². The second-order valence-corrected chi connectivity index (χ2v) is 5.30. The molecule has 1 saturated carbocycles. The second-order valence-electron chi connectivity index (χ2n) is 5.30. The third kappa shape index (κ3) is 2.14. The van der Waals surface area contributed by atoms with Crippen molar-refractivity contribution in [3.8, 4) is 0 Å². The molecule has 2 rings (SSSR count). The van der Waals surface area contributed by atoms with E-state index in [0.29, 0.717) is 12.0 Å². The molecular formula is C13H23N3. The largest absolute Gasteiger partial charge is 0.323 e. The summed E-state index contributed by atoms with van der Waals surface area (Å²) in [6.07, 6.45) is 5.31. The van der Waals surface area contributed by atoms with E-state index in [1.54, 1.807) is 0 Å². The Hall–Kier alpha value is -0.830. The van der Waals surface area contributed by atoms with Gasteiger partial charge in [-0.2, -0.15) is 5.10 Å². The van der Waals surface area contributed by atoms with Crippen molar-refractivity contribution < 1.29 is 0 Å². The highest BCUT2D eigenvalue weighted by Gasteiger charge is 2.22. The maximum absolute atomic E-state index is 6.00. The molecule has 0 unspecified atom stereocenters. The summed E-state index contributed by atoms with van der Waals surface area (Å²) in [5.41, 5.74) is 8.44. The summed E-state index contributed by atoms with van der Waals surface area (Å²) >= 11 is 0. The van der Waals surface area contributed by atoms with Gasteiger partial charge in [0.2, 0.25) is 0 Å². The molecule has 0 aromatic carbocycles. The Morgan fingerprint density at radius 1 is 1.31 bits per heavy atom. The van der Waals surface area contributed by atoms with Crippen LogP contribution in [0.3, 0.4) is 0 Å². The van der Waals surface area contributed by atoms with Crippen molar-refractivity contribution in [1.82, 2.24) is 9.78 Å². The molecule has 16 heavy (non-hydrogen) atoms. The fourth-order valence-electron chi connectivity index (χ4n) is 2.60. The highest BCUT2D eigenvalue weighted by molar-refractivity contribution is 5.18. The molecule has 1 atom stereocenters. The van der Waals surface area contributed by atoms with E-state index in [-0.39, 0.29) is 6.04 Å². The fraction of sp³-hybridized carbons (Fsp3) is 0.769. The SMILES string of the molecule is CC(C)n1nc(C2CCCC2)cc1[C@@H](C)N. The number of aromatic nitrogens is 2. The zero-order chi connectivity index (χ0) is 11.7. The predicted molar refractivity (Wildman–Crippen MR) is 66.4 cm³/mol. The Morgan fingerprint density at radius 3 is 2.38 bits per heavy atom. The maximum Gasteiger partial charge on any atom is 0.0659 e. The molecule has 90 valence electrons. The van der Waals surface area contributed by atoms with Gasteiger partial charge in [-0.1, -0.05) is 12.8 Å². The molecule has 1 aromatic rings. The van der Waals surface area contributed by atoms with Crippen molar-refractivity contribution in [3.05, 3.63) is 17.5 Å². The van der Waals surface area contributed by atoms with Gasteiger partial charge in [-0.25, -0.2) is 0 Å². The molecule has 0 amide bonds. The van der Waals surface area contributed by atoms with E-state index in [1.165, 1.54) is 37.1 Å². The van der Waals surface area contributed by atoms with Crippen molar-refractivity contribution in [2.75, 3.05) is 0 Å². The zero-order valence-electron chi connectivity index (χ0n) is 10.6. The van der Waals surface area contributed by atoms with Gasteiger partial charge in [0.05, 0.1) is 11.4 Å². The van der Waals surface area contributed by atoms with Gasteiger partial charge in [0.15, 0.2) is 0 Å². The Kier molecular flexibility index (Phi) is 3.33. The summed E-state index contributed by atoms with van der Waals surface area (Å²) in [7, 11) is 0. The zero-order valence-corrected chi connectivity index (χ0v) is 10.6. The van der Waals surface area contributed by atoms with Gasteiger partial charge in [-0.05, 0) is 39.7 Å². The molecule has 1 aliphatic carbocycles. The summed E-state index contributed by atoms with van der Waals surface area (Å²) in [5.74, 6) is 0.678. The average molecular weight is 221 g/mol.